The first-order valence-corrected chi connectivity index (χ1v) is 15.2. The van der Waals surface area contributed by atoms with Gasteiger partial charge in [-0.05, 0) is 101 Å². The molecule has 0 aliphatic carbocycles. The second kappa shape index (κ2) is 11.7. The Morgan fingerprint density at radius 3 is 2.44 bits per heavy atom. The van der Waals surface area contributed by atoms with Crippen molar-refractivity contribution in [2.45, 2.75) is 69.0 Å². The number of para-hydroxylation sites is 1. The fourth-order valence-electron chi connectivity index (χ4n) is 4.87. The van der Waals surface area contributed by atoms with Gasteiger partial charge in [0.2, 0.25) is 5.95 Å². The number of aromatic nitrogens is 2. The average Bonchev–Trinajstić information content (AvgIpc) is 2.87. The number of nitrogens with one attached hydrogen (secondary N) is 3. The molecule has 1 aliphatic heterocycles. The Morgan fingerprint density at radius 1 is 1.08 bits per heavy atom. The van der Waals surface area contributed by atoms with Crippen molar-refractivity contribution in [1.29, 1.82) is 0 Å². The predicted octanol–water partition coefficient (Wildman–Crippen LogP) is 5.11. The van der Waals surface area contributed by atoms with Gasteiger partial charge in [-0.2, -0.15) is 4.98 Å². The highest BCUT2D eigenvalue weighted by molar-refractivity contribution is 7.92. The molecule has 2 heterocycles. The molecular formula is C28H37BClN5O3S. The summed E-state index contributed by atoms with van der Waals surface area (Å²) in [5.74, 6) is 1.33. The summed E-state index contributed by atoms with van der Waals surface area (Å²) in [6.07, 6.45) is 3.58. The molecule has 0 bridgehead atoms. The van der Waals surface area contributed by atoms with Gasteiger partial charge >= 0.3 is 0 Å². The van der Waals surface area contributed by atoms with Crippen LogP contribution in [0.4, 0.5) is 23.1 Å². The van der Waals surface area contributed by atoms with Crippen molar-refractivity contribution < 1.29 is 13.2 Å². The maximum Gasteiger partial charge on any atom is 0.229 e. The highest BCUT2D eigenvalue weighted by Gasteiger charge is 2.31. The minimum atomic E-state index is -3.52. The summed E-state index contributed by atoms with van der Waals surface area (Å²) in [6, 6.07) is 11.0. The van der Waals surface area contributed by atoms with Gasteiger partial charge in [-0.15, -0.1) is 0 Å². The number of anilines is 4. The molecule has 1 fully saturated rings. The van der Waals surface area contributed by atoms with Crippen LogP contribution >= 0.6 is 11.6 Å². The highest BCUT2D eigenvalue weighted by Crippen LogP contribution is 2.39. The number of benzene rings is 2. The Bertz CT molecular complexity index is 1440. The number of hydrogen-bond donors (Lipinski definition) is 3. The van der Waals surface area contributed by atoms with Crippen molar-refractivity contribution in [3.05, 3.63) is 58.7 Å². The van der Waals surface area contributed by atoms with E-state index in [2.05, 4.69) is 52.8 Å². The second-order valence-electron chi connectivity index (χ2n) is 10.9. The molecular weight excluding hydrogens is 533 g/mol. The Morgan fingerprint density at radius 2 is 1.77 bits per heavy atom. The summed E-state index contributed by atoms with van der Waals surface area (Å²) in [7, 11) is -1.21. The fourth-order valence-corrected chi connectivity index (χ4v) is 6.21. The van der Waals surface area contributed by atoms with E-state index in [1.165, 1.54) is 11.8 Å². The lowest BCUT2D eigenvalue weighted by molar-refractivity contribution is 0.243. The molecule has 0 atom stereocenters. The highest BCUT2D eigenvalue weighted by atomic mass is 35.5. The Hall–Kier alpha value is -2.82. The lowest BCUT2D eigenvalue weighted by atomic mass is 9.58. The first kappa shape index (κ1) is 29.2. The largest absolute Gasteiger partial charge is 0.489 e. The maximum atomic E-state index is 12.9. The third-order valence-corrected chi connectivity index (χ3v) is 9.59. The van der Waals surface area contributed by atoms with Crippen LogP contribution in [0.2, 0.25) is 5.02 Å². The van der Waals surface area contributed by atoms with Crippen LogP contribution in [0.1, 0.15) is 51.7 Å². The van der Waals surface area contributed by atoms with Crippen molar-refractivity contribution >= 4 is 52.4 Å². The normalized spacial score (nSPS) is 15.4. The topological polar surface area (TPSA) is 105 Å². The summed E-state index contributed by atoms with van der Waals surface area (Å²) in [5.41, 5.74) is 3.60. The van der Waals surface area contributed by atoms with Gasteiger partial charge in [0.15, 0.2) is 15.7 Å². The third-order valence-electron chi connectivity index (χ3n) is 7.10. The standard InChI is InChI=1S/C28H37BClN5O3S/c1-17(2)38-24-15-20(28(29)10-12-31-13-11-28)19(5)14-23(24)34-27-32-16-21(30)26(35-27)33-22-8-6-7-9-25(22)39(36,37)18(3)4/h6-9,14-18,31H,10-13,29H2,1-5H3,(H2,32,33,34,35). The van der Waals surface area contributed by atoms with Gasteiger partial charge in [0, 0.05) is 0 Å². The number of rotatable bonds is 9. The second-order valence-corrected chi connectivity index (χ2v) is 13.8. The predicted molar refractivity (Wildman–Crippen MR) is 162 cm³/mol. The van der Waals surface area contributed by atoms with Crippen LogP contribution in [0, 0.1) is 6.92 Å². The van der Waals surface area contributed by atoms with Crippen LogP contribution in [-0.2, 0) is 15.2 Å². The fraction of sp³-hybridized carbons (Fsp3) is 0.429. The zero-order valence-corrected chi connectivity index (χ0v) is 25.0. The monoisotopic (exact) mass is 569 g/mol. The van der Waals surface area contributed by atoms with Crippen LogP contribution in [0.15, 0.2) is 47.5 Å². The summed E-state index contributed by atoms with van der Waals surface area (Å²) < 4.78 is 32.1. The summed E-state index contributed by atoms with van der Waals surface area (Å²) in [6.45, 7) is 11.4. The molecule has 8 nitrogen and oxygen atoms in total. The van der Waals surface area contributed by atoms with Crippen molar-refractivity contribution in [2.24, 2.45) is 0 Å². The van der Waals surface area contributed by atoms with E-state index >= 15 is 0 Å². The third kappa shape index (κ3) is 6.50. The molecule has 2 aromatic carbocycles. The van der Waals surface area contributed by atoms with Crippen LogP contribution in [0.5, 0.6) is 5.75 Å². The Kier molecular flexibility index (Phi) is 8.78. The molecule has 1 saturated heterocycles. The van der Waals surface area contributed by atoms with Gasteiger partial charge in [0.1, 0.15) is 18.6 Å². The number of ether oxygens (including phenoxy) is 1. The summed E-state index contributed by atoms with van der Waals surface area (Å²) >= 11 is 6.43. The van der Waals surface area contributed by atoms with Crippen LogP contribution in [0.3, 0.4) is 0 Å². The minimum absolute atomic E-state index is 0.0234. The zero-order valence-electron chi connectivity index (χ0n) is 23.4. The number of nitrogens with zero attached hydrogens (tertiary/aromatic N) is 2. The molecule has 0 amide bonds. The van der Waals surface area contributed by atoms with Crippen LogP contribution in [-0.4, -0.2) is 50.7 Å². The van der Waals surface area contributed by atoms with E-state index in [4.69, 9.17) is 16.3 Å². The van der Waals surface area contributed by atoms with E-state index in [9.17, 15) is 8.42 Å². The van der Waals surface area contributed by atoms with Gasteiger partial charge in [-0.1, -0.05) is 23.7 Å². The van der Waals surface area contributed by atoms with Gasteiger partial charge < -0.3 is 20.7 Å². The molecule has 0 radical (unpaired) electrons. The van der Waals surface area contributed by atoms with E-state index in [1.54, 1.807) is 38.1 Å². The molecule has 39 heavy (non-hydrogen) atoms. The molecule has 0 unspecified atom stereocenters. The smallest absolute Gasteiger partial charge is 0.229 e. The van der Waals surface area contributed by atoms with Gasteiger partial charge in [0.25, 0.3) is 0 Å². The Labute approximate surface area is 237 Å². The quantitative estimate of drug-likeness (QED) is 0.306. The molecule has 1 aliphatic rings. The zero-order chi connectivity index (χ0) is 28.4. The lowest BCUT2D eigenvalue weighted by Crippen LogP contribution is -2.40. The van der Waals surface area contributed by atoms with E-state index in [-0.39, 0.29) is 21.3 Å². The first-order chi connectivity index (χ1) is 18.4. The number of piperidine rings is 1. The molecule has 208 valence electrons. The van der Waals surface area contributed by atoms with E-state index < -0.39 is 15.1 Å². The molecule has 1 aromatic heterocycles. The molecule has 0 saturated carbocycles. The minimum Gasteiger partial charge on any atom is -0.489 e. The van der Waals surface area contributed by atoms with E-state index in [0.717, 1.165) is 42.9 Å². The van der Waals surface area contributed by atoms with Crippen LogP contribution in [0.25, 0.3) is 0 Å². The number of sulfone groups is 1. The lowest BCUT2D eigenvalue weighted by Gasteiger charge is -2.36. The SMILES string of the molecule is BC1(c2cc(OC(C)C)c(Nc3ncc(Cl)c(Nc4ccccc4S(=O)(=O)C(C)C)n3)cc2C)CCNCC1. The van der Waals surface area contributed by atoms with Crippen molar-refractivity contribution in [1.82, 2.24) is 15.3 Å². The van der Waals surface area contributed by atoms with Crippen molar-refractivity contribution in [2.75, 3.05) is 23.7 Å². The number of halogens is 1. The summed E-state index contributed by atoms with van der Waals surface area (Å²) in [4.78, 5) is 9.15. The summed E-state index contributed by atoms with van der Waals surface area (Å²) in [5, 5.41) is 9.62. The van der Waals surface area contributed by atoms with Crippen molar-refractivity contribution in [3.63, 3.8) is 0 Å². The molecule has 0 spiro atoms. The average molecular weight is 570 g/mol. The first-order valence-electron chi connectivity index (χ1n) is 13.3. The Balaban J connectivity index is 1.68. The van der Waals surface area contributed by atoms with Gasteiger partial charge in [-0.25, -0.2) is 13.4 Å². The van der Waals surface area contributed by atoms with Crippen LogP contribution < -0.4 is 20.7 Å². The molecule has 11 heteroatoms. The van der Waals surface area contributed by atoms with Crippen molar-refractivity contribution in [3.8, 4) is 5.75 Å². The molecule has 4 rings (SSSR count). The van der Waals surface area contributed by atoms with E-state index in [1.807, 2.05) is 13.8 Å². The van der Waals surface area contributed by atoms with E-state index in [0.29, 0.717) is 17.5 Å². The number of hydrogen-bond acceptors (Lipinski definition) is 8. The van der Waals surface area contributed by atoms with Gasteiger partial charge in [-0.3, -0.25) is 0 Å². The van der Waals surface area contributed by atoms with Gasteiger partial charge in [0.05, 0.1) is 33.8 Å². The maximum absolute atomic E-state index is 12.9. The molecule has 3 aromatic rings. The number of aryl methyl sites for hydroxylation is 1. The molecule has 3 N–H and O–H groups in total.